The number of nitrogens with one attached hydrogen (secondary N) is 1. The fourth-order valence-corrected chi connectivity index (χ4v) is 2.62. The molecule has 2 unspecified atom stereocenters. The minimum atomic E-state index is -0.199. The Morgan fingerprint density at radius 3 is 3.00 bits per heavy atom. The molecule has 2 fully saturated rings. The van der Waals surface area contributed by atoms with E-state index in [0.717, 1.165) is 39.0 Å². The largest absolute Gasteiger partial charge is 0.375 e. The maximum absolute atomic E-state index is 12.5. The molecule has 2 aliphatic heterocycles. The zero-order chi connectivity index (χ0) is 11.6. The van der Waals surface area contributed by atoms with Crippen molar-refractivity contribution < 1.29 is 9.53 Å². The van der Waals surface area contributed by atoms with Crippen molar-refractivity contribution in [3.63, 3.8) is 0 Å². The van der Waals surface area contributed by atoms with Gasteiger partial charge in [0.05, 0.1) is 18.1 Å². The molecule has 2 heterocycles. The van der Waals surface area contributed by atoms with Crippen LogP contribution >= 0.6 is 0 Å². The van der Waals surface area contributed by atoms with Gasteiger partial charge < -0.3 is 15.0 Å². The molecule has 16 heavy (non-hydrogen) atoms. The van der Waals surface area contributed by atoms with E-state index in [4.69, 9.17) is 4.74 Å². The van der Waals surface area contributed by atoms with Crippen molar-refractivity contribution in [2.75, 3.05) is 32.8 Å². The molecule has 0 radical (unpaired) electrons. The average Bonchev–Trinajstić information content (AvgIpc) is 2.29. The number of rotatable bonds is 1. The second-order valence-electron chi connectivity index (χ2n) is 5.27. The molecule has 2 aliphatic rings. The molecule has 1 amide bonds. The number of amides is 1. The first-order chi connectivity index (χ1) is 7.62. The Hall–Kier alpha value is -0.610. The van der Waals surface area contributed by atoms with E-state index >= 15 is 0 Å². The summed E-state index contributed by atoms with van der Waals surface area (Å²) in [6.07, 6.45) is 2.28. The highest BCUT2D eigenvalue weighted by Crippen LogP contribution is 2.28. The normalized spacial score (nSPS) is 36.1. The Kier molecular flexibility index (Phi) is 3.50. The highest BCUT2D eigenvalue weighted by Gasteiger charge is 2.38. The molecule has 0 aromatic heterocycles. The van der Waals surface area contributed by atoms with Crippen LogP contribution in [0.15, 0.2) is 0 Å². The molecule has 0 aromatic rings. The van der Waals surface area contributed by atoms with Gasteiger partial charge in [-0.25, -0.2) is 0 Å². The van der Waals surface area contributed by atoms with Gasteiger partial charge in [0.15, 0.2) is 0 Å². The molecule has 1 N–H and O–H groups in total. The van der Waals surface area contributed by atoms with Gasteiger partial charge in [-0.3, -0.25) is 4.79 Å². The van der Waals surface area contributed by atoms with E-state index in [2.05, 4.69) is 12.2 Å². The van der Waals surface area contributed by atoms with Crippen LogP contribution in [-0.2, 0) is 9.53 Å². The zero-order valence-electron chi connectivity index (χ0n) is 10.3. The van der Waals surface area contributed by atoms with Crippen molar-refractivity contribution in [1.82, 2.24) is 10.2 Å². The summed E-state index contributed by atoms with van der Waals surface area (Å²) in [6, 6.07) is 0. The van der Waals surface area contributed by atoms with Crippen LogP contribution in [0.3, 0.4) is 0 Å². The lowest BCUT2D eigenvalue weighted by molar-refractivity contribution is -0.149. The lowest BCUT2D eigenvalue weighted by atomic mass is 9.81. The SMILES string of the molecule is CC1CN(C(=O)C2(C)CCCNC2)CCO1. The molecule has 0 aliphatic carbocycles. The third kappa shape index (κ3) is 2.38. The van der Waals surface area contributed by atoms with E-state index in [9.17, 15) is 4.79 Å². The van der Waals surface area contributed by atoms with Crippen molar-refractivity contribution in [2.45, 2.75) is 32.8 Å². The number of piperidine rings is 1. The number of hydrogen-bond acceptors (Lipinski definition) is 3. The first-order valence-electron chi connectivity index (χ1n) is 6.23. The number of ether oxygens (including phenoxy) is 1. The van der Waals surface area contributed by atoms with Crippen molar-refractivity contribution in [3.05, 3.63) is 0 Å². The van der Waals surface area contributed by atoms with Gasteiger partial charge >= 0.3 is 0 Å². The van der Waals surface area contributed by atoms with Crippen LogP contribution in [0.5, 0.6) is 0 Å². The smallest absolute Gasteiger partial charge is 0.229 e. The highest BCUT2D eigenvalue weighted by atomic mass is 16.5. The fourth-order valence-electron chi connectivity index (χ4n) is 2.62. The van der Waals surface area contributed by atoms with Crippen LogP contribution in [0.1, 0.15) is 26.7 Å². The number of carbonyl (C=O) groups excluding carboxylic acids is 1. The summed E-state index contributed by atoms with van der Waals surface area (Å²) in [5.41, 5.74) is -0.199. The van der Waals surface area contributed by atoms with Crippen LogP contribution in [0.4, 0.5) is 0 Å². The summed E-state index contributed by atoms with van der Waals surface area (Å²) < 4.78 is 5.47. The van der Waals surface area contributed by atoms with E-state index in [1.54, 1.807) is 0 Å². The summed E-state index contributed by atoms with van der Waals surface area (Å²) in [5.74, 6) is 0.301. The highest BCUT2D eigenvalue weighted by molar-refractivity contribution is 5.82. The quantitative estimate of drug-likeness (QED) is 0.713. The Balaban J connectivity index is 1.99. The van der Waals surface area contributed by atoms with Gasteiger partial charge in [-0.1, -0.05) is 0 Å². The minimum Gasteiger partial charge on any atom is -0.375 e. The van der Waals surface area contributed by atoms with Gasteiger partial charge in [0, 0.05) is 19.6 Å². The standard InChI is InChI=1S/C12H22N2O2/c1-10-8-14(6-7-16-10)11(15)12(2)4-3-5-13-9-12/h10,13H,3-9H2,1-2H3. The van der Waals surface area contributed by atoms with Crippen LogP contribution in [0.25, 0.3) is 0 Å². The summed E-state index contributed by atoms with van der Waals surface area (Å²) in [7, 11) is 0. The number of morpholine rings is 1. The molecule has 2 atom stereocenters. The van der Waals surface area contributed by atoms with Gasteiger partial charge in [0.2, 0.25) is 5.91 Å². The predicted molar refractivity (Wildman–Crippen MR) is 62.2 cm³/mol. The van der Waals surface area contributed by atoms with E-state index in [1.807, 2.05) is 11.8 Å². The molecule has 92 valence electrons. The van der Waals surface area contributed by atoms with Crippen LogP contribution in [0.2, 0.25) is 0 Å². The van der Waals surface area contributed by atoms with Gasteiger partial charge in [0.1, 0.15) is 0 Å². The molecular weight excluding hydrogens is 204 g/mol. The monoisotopic (exact) mass is 226 g/mol. The molecule has 0 bridgehead atoms. The minimum absolute atomic E-state index is 0.179. The van der Waals surface area contributed by atoms with E-state index in [0.29, 0.717) is 12.5 Å². The maximum atomic E-state index is 12.5. The molecule has 4 nitrogen and oxygen atoms in total. The third-order valence-corrected chi connectivity index (χ3v) is 3.64. The third-order valence-electron chi connectivity index (χ3n) is 3.64. The molecule has 2 rings (SSSR count). The Morgan fingerprint density at radius 2 is 2.38 bits per heavy atom. The average molecular weight is 226 g/mol. The lowest BCUT2D eigenvalue weighted by Gasteiger charge is -2.40. The van der Waals surface area contributed by atoms with E-state index < -0.39 is 0 Å². The van der Waals surface area contributed by atoms with Crippen molar-refractivity contribution in [1.29, 1.82) is 0 Å². The van der Waals surface area contributed by atoms with Crippen molar-refractivity contribution in [2.24, 2.45) is 5.41 Å². The molecule has 0 aromatic carbocycles. The van der Waals surface area contributed by atoms with E-state index in [1.165, 1.54) is 0 Å². The van der Waals surface area contributed by atoms with Crippen molar-refractivity contribution >= 4 is 5.91 Å². The fraction of sp³-hybridized carbons (Fsp3) is 0.917. The second kappa shape index (κ2) is 4.72. The van der Waals surface area contributed by atoms with Crippen LogP contribution in [0, 0.1) is 5.41 Å². The number of nitrogens with zero attached hydrogens (tertiary/aromatic N) is 1. The van der Waals surface area contributed by atoms with E-state index in [-0.39, 0.29) is 11.5 Å². The topological polar surface area (TPSA) is 41.6 Å². The molecule has 0 spiro atoms. The molecular formula is C12H22N2O2. The maximum Gasteiger partial charge on any atom is 0.229 e. The van der Waals surface area contributed by atoms with Crippen molar-refractivity contribution in [3.8, 4) is 0 Å². The first kappa shape index (κ1) is 11.9. The summed E-state index contributed by atoms with van der Waals surface area (Å²) in [5, 5.41) is 3.33. The zero-order valence-corrected chi connectivity index (χ0v) is 10.3. The Bertz CT molecular complexity index is 262. The number of hydrogen-bond donors (Lipinski definition) is 1. The number of carbonyl (C=O) groups is 1. The van der Waals surface area contributed by atoms with Gasteiger partial charge in [-0.15, -0.1) is 0 Å². The molecule has 4 heteroatoms. The second-order valence-corrected chi connectivity index (χ2v) is 5.27. The lowest BCUT2D eigenvalue weighted by Crippen LogP contribution is -2.54. The molecule has 0 saturated carbocycles. The van der Waals surface area contributed by atoms with Crippen LogP contribution in [-0.4, -0.2) is 49.7 Å². The Labute approximate surface area is 97.3 Å². The van der Waals surface area contributed by atoms with Gasteiger partial charge in [0.25, 0.3) is 0 Å². The Morgan fingerprint density at radius 1 is 1.56 bits per heavy atom. The summed E-state index contributed by atoms with van der Waals surface area (Å²) in [6.45, 7) is 8.14. The van der Waals surface area contributed by atoms with Crippen LogP contribution < -0.4 is 5.32 Å². The summed E-state index contributed by atoms with van der Waals surface area (Å²) >= 11 is 0. The van der Waals surface area contributed by atoms with Gasteiger partial charge in [-0.2, -0.15) is 0 Å². The van der Waals surface area contributed by atoms with Gasteiger partial charge in [-0.05, 0) is 33.2 Å². The first-order valence-corrected chi connectivity index (χ1v) is 6.23. The predicted octanol–water partition coefficient (Wildman–Crippen LogP) is 0.623. The summed E-state index contributed by atoms with van der Waals surface area (Å²) in [4.78, 5) is 14.4. The molecule has 2 saturated heterocycles.